The van der Waals surface area contributed by atoms with E-state index in [0.717, 1.165) is 62.3 Å². The van der Waals surface area contributed by atoms with Crippen molar-refractivity contribution in [2.24, 2.45) is 0 Å². The highest BCUT2D eigenvalue weighted by atomic mass is 16.5. The van der Waals surface area contributed by atoms with Crippen molar-refractivity contribution < 1.29 is 9.47 Å². The summed E-state index contributed by atoms with van der Waals surface area (Å²) in [5.41, 5.74) is 3.37. The van der Waals surface area contributed by atoms with E-state index in [9.17, 15) is 0 Å². The first kappa shape index (κ1) is 15.5. The maximum absolute atomic E-state index is 5.53. The summed E-state index contributed by atoms with van der Waals surface area (Å²) in [4.78, 5) is 11.7. The minimum Gasteiger partial charge on any atom is -0.381 e. The Morgan fingerprint density at radius 3 is 3.00 bits per heavy atom. The minimum atomic E-state index is 0.361. The second-order valence-electron chi connectivity index (χ2n) is 6.48. The molecule has 0 bridgehead atoms. The Morgan fingerprint density at radius 1 is 1.29 bits per heavy atom. The second kappa shape index (κ2) is 6.49. The van der Waals surface area contributed by atoms with Crippen LogP contribution in [0.5, 0.6) is 0 Å². The molecule has 2 aromatic heterocycles. The summed E-state index contributed by atoms with van der Waals surface area (Å²) < 4.78 is 12.9. The zero-order valence-corrected chi connectivity index (χ0v) is 14.2. The second-order valence-corrected chi connectivity index (χ2v) is 6.48. The molecule has 128 valence electrons. The van der Waals surface area contributed by atoms with Crippen molar-refractivity contribution in [2.75, 3.05) is 31.8 Å². The molecule has 1 atom stereocenters. The molecular weight excluding hydrogens is 306 g/mol. The van der Waals surface area contributed by atoms with E-state index in [1.807, 2.05) is 6.92 Å². The monoisotopic (exact) mass is 329 g/mol. The number of methoxy groups -OCH3 is 1. The minimum absolute atomic E-state index is 0.361. The summed E-state index contributed by atoms with van der Waals surface area (Å²) >= 11 is 0. The fourth-order valence-corrected chi connectivity index (χ4v) is 3.44. The molecule has 0 radical (unpaired) electrons. The van der Waals surface area contributed by atoms with Gasteiger partial charge in [0.05, 0.1) is 36.8 Å². The lowest BCUT2D eigenvalue weighted by Crippen LogP contribution is -2.34. The fourth-order valence-electron chi connectivity index (χ4n) is 3.44. The lowest BCUT2D eigenvalue weighted by molar-refractivity contribution is 0.177. The summed E-state index contributed by atoms with van der Waals surface area (Å²) in [7, 11) is 1.68. The first-order valence-corrected chi connectivity index (χ1v) is 8.46. The number of anilines is 1. The number of fused-ring (bicyclic) bond motifs is 1. The van der Waals surface area contributed by atoms with Crippen molar-refractivity contribution in [2.45, 2.75) is 39.0 Å². The smallest absolute Gasteiger partial charge is 0.156 e. The number of ether oxygens (including phenoxy) is 2. The van der Waals surface area contributed by atoms with Crippen LogP contribution in [0.3, 0.4) is 0 Å². The summed E-state index contributed by atoms with van der Waals surface area (Å²) in [6.45, 7) is 6.63. The maximum atomic E-state index is 5.53. The number of hydrogen-bond acceptors (Lipinski definition) is 6. The summed E-state index contributed by atoms with van der Waals surface area (Å²) in [6.07, 6.45) is 1.02. The molecule has 0 aliphatic carbocycles. The molecule has 2 aliphatic rings. The van der Waals surface area contributed by atoms with Crippen LogP contribution >= 0.6 is 0 Å². The van der Waals surface area contributed by atoms with E-state index in [-0.39, 0.29) is 0 Å². The summed E-state index contributed by atoms with van der Waals surface area (Å²) in [6, 6.07) is 4.27. The molecule has 1 fully saturated rings. The van der Waals surface area contributed by atoms with Crippen molar-refractivity contribution in [3.63, 3.8) is 0 Å². The van der Waals surface area contributed by atoms with Gasteiger partial charge in [-0.25, -0.2) is 9.97 Å². The van der Waals surface area contributed by atoms with Gasteiger partial charge in [0, 0.05) is 32.2 Å². The van der Waals surface area contributed by atoms with Crippen molar-refractivity contribution in [3.8, 4) is 0 Å². The molecule has 2 aliphatic heterocycles. The van der Waals surface area contributed by atoms with Crippen LogP contribution in [0.1, 0.15) is 35.2 Å². The van der Waals surface area contributed by atoms with Crippen molar-refractivity contribution in [1.29, 1.82) is 0 Å². The first-order valence-electron chi connectivity index (χ1n) is 8.46. The Hall–Kier alpha value is -1.99. The molecule has 7 nitrogen and oxygen atoms in total. The van der Waals surface area contributed by atoms with Gasteiger partial charge >= 0.3 is 0 Å². The zero-order chi connectivity index (χ0) is 16.5. The van der Waals surface area contributed by atoms with Crippen molar-refractivity contribution >= 4 is 5.82 Å². The third-order valence-electron chi connectivity index (χ3n) is 4.64. The van der Waals surface area contributed by atoms with E-state index < -0.39 is 0 Å². The van der Waals surface area contributed by atoms with E-state index in [1.165, 1.54) is 5.69 Å². The molecule has 7 heteroatoms. The SMILES string of the molecule is COCc1nc(C2CCOC2)cc(N2CCn3nc(C)cc3C2)n1. The van der Waals surface area contributed by atoms with Gasteiger partial charge in [0.25, 0.3) is 0 Å². The van der Waals surface area contributed by atoms with Gasteiger partial charge in [-0.05, 0) is 19.4 Å². The quantitative estimate of drug-likeness (QED) is 0.850. The summed E-state index contributed by atoms with van der Waals surface area (Å²) in [5.74, 6) is 2.08. The molecule has 0 N–H and O–H groups in total. The number of nitrogens with zero attached hydrogens (tertiary/aromatic N) is 5. The highest BCUT2D eigenvalue weighted by molar-refractivity contribution is 5.42. The Bertz CT molecular complexity index is 724. The third kappa shape index (κ3) is 3.01. The zero-order valence-electron chi connectivity index (χ0n) is 14.2. The normalized spacial score (nSPS) is 20.4. The van der Waals surface area contributed by atoms with Gasteiger partial charge in [0.2, 0.25) is 0 Å². The molecular formula is C17H23N5O2. The van der Waals surface area contributed by atoms with Gasteiger partial charge in [-0.3, -0.25) is 4.68 Å². The van der Waals surface area contributed by atoms with Gasteiger partial charge in [-0.1, -0.05) is 0 Å². The average molecular weight is 329 g/mol. The maximum Gasteiger partial charge on any atom is 0.156 e. The van der Waals surface area contributed by atoms with Crippen LogP contribution < -0.4 is 4.90 Å². The fraction of sp³-hybridized carbons (Fsp3) is 0.588. The molecule has 1 saturated heterocycles. The van der Waals surface area contributed by atoms with E-state index in [1.54, 1.807) is 7.11 Å². The molecule has 0 spiro atoms. The Kier molecular flexibility index (Phi) is 4.20. The van der Waals surface area contributed by atoms with Gasteiger partial charge in [-0.2, -0.15) is 5.10 Å². The van der Waals surface area contributed by atoms with Crippen molar-refractivity contribution in [3.05, 3.63) is 35.0 Å². The predicted molar refractivity (Wildman–Crippen MR) is 88.9 cm³/mol. The molecule has 24 heavy (non-hydrogen) atoms. The molecule has 0 amide bonds. The Labute approximate surface area is 141 Å². The highest BCUT2D eigenvalue weighted by Gasteiger charge is 2.24. The van der Waals surface area contributed by atoms with Gasteiger partial charge in [0.1, 0.15) is 12.4 Å². The van der Waals surface area contributed by atoms with Crippen LogP contribution in [0, 0.1) is 6.92 Å². The first-order chi connectivity index (χ1) is 11.7. The molecule has 0 saturated carbocycles. The molecule has 4 heterocycles. The number of rotatable bonds is 4. The number of aromatic nitrogens is 4. The van der Waals surface area contributed by atoms with Crippen LogP contribution in [-0.2, 0) is 29.2 Å². The Balaban J connectivity index is 1.64. The molecule has 0 aromatic carbocycles. The average Bonchev–Trinajstić information content (AvgIpc) is 3.22. The van der Waals surface area contributed by atoms with E-state index in [4.69, 9.17) is 14.5 Å². The largest absolute Gasteiger partial charge is 0.381 e. The van der Waals surface area contributed by atoms with E-state index in [0.29, 0.717) is 12.5 Å². The molecule has 2 aromatic rings. The van der Waals surface area contributed by atoms with Crippen LogP contribution in [0.4, 0.5) is 5.82 Å². The Morgan fingerprint density at radius 2 is 2.21 bits per heavy atom. The van der Waals surface area contributed by atoms with Crippen molar-refractivity contribution in [1.82, 2.24) is 19.7 Å². The standard InChI is InChI=1S/C17H23N5O2/c1-12-7-14-9-21(4-5-22(14)20-12)17-8-15(13-3-6-24-10-13)18-16(19-17)11-23-2/h7-8,13H,3-6,9-11H2,1-2H3. The molecule has 4 rings (SSSR count). The van der Waals surface area contributed by atoms with Crippen LogP contribution in [0.25, 0.3) is 0 Å². The number of hydrogen-bond donors (Lipinski definition) is 0. The lowest BCUT2D eigenvalue weighted by Gasteiger charge is -2.29. The lowest BCUT2D eigenvalue weighted by atomic mass is 10.0. The van der Waals surface area contributed by atoms with Crippen LogP contribution in [0.2, 0.25) is 0 Å². The van der Waals surface area contributed by atoms with Gasteiger partial charge < -0.3 is 14.4 Å². The van der Waals surface area contributed by atoms with Gasteiger partial charge in [0.15, 0.2) is 5.82 Å². The van der Waals surface area contributed by atoms with Gasteiger partial charge in [-0.15, -0.1) is 0 Å². The number of aryl methyl sites for hydroxylation is 1. The summed E-state index contributed by atoms with van der Waals surface area (Å²) in [5, 5.41) is 4.53. The predicted octanol–water partition coefficient (Wildman–Crippen LogP) is 1.65. The van der Waals surface area contributed by atoms with E-state index >= 15 is 0 Å². The van der Waals surface area contributed by atoms with Crippen LogP contribution in [0.15, 0.2) is 12.1 Å². The highest BCUT2D eigenvalue weighted by Crippen LogP contribution is 2.27. The third-order valence-corrected chi connectivity index (χ3v) is 4.64. The van der Waals surface area contributed by atoms with Crippen LogP contribution in [-0.4, -0.2) is 46.6 Å². The topological polar surface area (TPSA) is 65.3 Å². The molecule has 1 unspecified atom stereocenters. The van der Waals surface area contributed by atoms with E-state index in [2.05, 4.69) is 31.8 Å².